The second-order valence-corrected chi connectivity index (χ2v) is 6.13. The number of aromatic nitrogens is 2. The van der Waals surface area contributed by atoms with Gasteiger partial charge in [0.25, 0.3) is 0 Å². The first-order valence-electron chi connectivity index (χ1n) is 6.38. The van der Waals surface area contributed by atoms with Gasteiger partial charge in [-0.05, 0) is 19.2 Å². The predicted molar refractivity (Wildman–Crippen MR) is 78.8 cm³/mol. The summed E-state index contributed by atoms with van der Waals surface area (Å²) in [6.45, 7) is 4.08. The Morgan fingerprint density at radius 1 is 1.44 bits per heavy atom. The Bertz CT molecular complexity index is 403. The first-order valence-corrected chi connectivity index (χ1v) is 8.09. The topological polar surface area (TPSA) is 41.1 Å². The van der Waals surface area contributed by atoms with Crippen molar-refractivity contribution in [3.63, 3.8) is 0 Å². The Morgan fingerprint density at radius 2 is 2.33 bits per heavy atom. The lowest BCUT2D eigenvalue weighted by Crippen LogP contribution is -2.34. The molecular formula is C12H20N4S2. The lowest BCUT2D eigenvalue weighted by Gasteiger charge is -2.23. The van der Waals surface area contributed by atoms with Crippen LogP contribution >= 0.6 is 23.5 Å². The van der Waals surface area contributed by atoms with Gasteiger partial charge in [0, 0.05) is 18.3 Å². The molecule has 1 aliphatic heterocycles. The third-order valence-electron chi connectivity index (χ3n) is 2.83. The molecule has 0 saturated carbocycles. The minimum absolute atomic E-state index is 0.903. The molecule has 1 aromatic heterocycles. The zero-order chi connectivity index (χ0) is 12.8. The van der Waals surface area contributed by atoms with Gasteiger partial charge in [-0.2, -0.15) is 8.75 Å². The van der Waals surface area contributed by atoms with Crippen molar-refractivity contribution in [3.05, 3.63) is 11.9 Å². The molecule has 0 amide bonds. The highest BCUT2D eigenvalue weighted by Crippen LogP contribution is 2.28. The summed E-state index contributed by atoms with van der Waals surface area (Å²) in [6, 6.07) is 0. The molecule has 0 unspecified atom stereocenters. The first-order chi connectivity index (χ1) is 8.81. The van der Waals surface area contributed by atoms with Crippen molar-refractivity contribution in [2.24, 2.45) is 0 Å². The second kappa shape index (κ2) is 7.11. The van der Waals surface area contributed by atoms with E-state index in [4.69, 9.17) is 0 Å². The van der Waals surface area contributed by atoms with E-state index in [-0.39, 0.29) is 0 Å². The Hall–Kier alpha value is -0.590. The number of nitrogens with one attached hydrogen (secondary N) is 1. The van der Waals surface area contributed by atoms with Crippen LogP contribution in [0.1, 0.15) is 31.9 Å². The van der Waals surface area contributed by atoms with Crippen molar-refractivity contribution in [3.8, 4) is 0 Å². The Morgan fingerprint density at radius 3 is 3.11 bits per heavy atom. The van der Waals surface area contributed by atoms with Gasteiger partial charge in [-0.15, -0.1) is 11.8 Å². The summed E-state index contributed by atoms with van der Waals surface area (Å²) >= 11 is 3.16. The van der Waals surface area contributed by atoms with E-state index in [1.807, 2.05) is 11.8 Å². The number of rotatable bonds is 6. The maximum Gasteiger partial charge on any atom is 0.138 e. The number of hydrogen-bond acceptors (Lipinski definition) is 6. The summed E-state index contributed by atoms with van der Waals surface area (Å²) < 4.78 is 8.87. The highest BCUT2D eigenvalue weighted by molar-refractivity contribution is 7.99. The minimum atomic E-state index is 0.903. The molecule has 0 bridgehead atoms. The predicted octanol–water partition coefficient (Wildman–Crippen LogP) is 2.65. The van der Waals surface area contributed by atoms with Gasteiger partial charge >= 0.3 is 0 Å². The standard InChI is InChI=1S/C12H20N4S2/c1-3-4-5-6-17-12-11(14-18-15-12)10-7-13-9-16(2)8-10/h7,13H,3-6,8-9H2,1-2H3. The second-order valence-electron chi connectivity index (χ2n) is 4.52. The van der Waals surface area contributed by atoms with E-state index in [0.717, 1.165) is 29.7 Å². The molecule has 0 atom stereocenters. The summed E-state index contributed by atoms with van der Waals surface area (Å²) in [4.78, 5) is 2.24. The lowest BCUT2D eigenvalue weighted by molar-refractivity contribution is 0.349. The molecule has 1 aliphatic rings. The number of unbranched alkanes of at least 4 members (excludes halogenated alkanes) is 2. The molecular weight excluding hydrogens is 264 g/mol. The lowest BCUT2D eigenvalue weighted by atomic mass is 10.2. The highest BCUT2D eigenvalue weighted by atomic mass is 32.2. The average Bonchev–Trinajstić information content (AvgIpc) is 2.83. The Kier molecular flexibility index (Phi) is 5.46. The molecule has 0 aliphatic carbocycles. The van der Waals surface area contributed by atoms with Crippen LogP contribution in [0.15, 0.2) is 11.2 Å². The van der Waals surface area contributed by atoms with E-state index in [9.17, 15) is 0 Å². The molecule has 2 rings (SSSR count). The van der Waals surface area contributed by atoms with Crippen molar-refractivity contribution >= 4 is 29.1 Å². The van der Waals surface area contributed by atoms with E-state index in [1.54, 1.807) is 0 Å². The fourth-order valence-electron chi connectivity index (χ4n) is 1.85. The summed E-state index contributed by atoms with van der Waals surface area (Å²) in [5.74, 6) is 1.14. The first kappa shape index (κ1) is 13.8. The molecule has 2 heterocycles. The van der Waals surface area contributed by atoms with Gasteiger partial charge in [0.1, 0.15) is 10.7 Å². The van der Waals surface area contributed by atoms with Gasteiger partial charge in [-0.25, -0.2) is 0 Å². The third-order valence-corrected chi connectivity index (χ3v) is 4.52. The zero-order valence-electron chi connectivity index (χ0n) is 11.0. The molecule has 1 aromatic rings. The van der Waals surface area contributed by atoms with Crippen LogP contribution in [-0.4, -0.2) is 39.7 Å². The quantitative estimate of drug-likeness (QED) is 0.642. The number of nitrogens with zero attached hydrogens (tertiary/aromatic N) is 3. The molecule has 6 heteroatoms. The van der Waals surface area contributed by atoms with E-state index in [1.165, 1.54) is 36.6 Å². The van der Waals surface area contributed by atoms with Crippen LogP contribution < -0.4 is 5.32 Å². The zero-order valence-corrected chi connectivity index (χ0v) is 12.6. The average molecular weight is 284 g/mol. The third kappa shape index (κ3) is 3.70. The molecule has 18 heavy (non-hydrogen) atoms. The molecule has 0 spiro atoms. The molecule has 100 valence electrons. The van der Waals surface area contributed by atoms with E-state index in [0.29, 0.717) is 0 Å². The van der Waals surface area contributed by atoms with Crippen LogP contribution in [0.2, 0.25) is 0 Å². The largest absolute Gasteiger partial charge is 0.378 e. The number of hydrogen-bond donors (Lipinski definition) is 1. The Labute approximate surface area is 117 Å². The van der Waals surface area contributed by atoms with Crippen molar-refractivity contribution in [1.29, 1.82) is 0 Å². The van der Waals surface area contributed by atoms with Crippen LogP contribution in [0.25, 0.3) is 5.57 Å². The molecule has 4 nitrogen and oxygen atoms in total. The van der Waals surface area contributed by atoms with E-state index >= 15 is 0 Å². The summed E-state index contributed by atoms with van der Waals surface area (Å²) in [7, 11) is 2.11. The van der Waals surface area contributed by atoms with E-state index in [2.05, 4.69) is 39.1 Å². The fraction of sp³-hybridized carbons (Fsp3) is 0.667. The minimum Gasteiger partial charge on any atom is -0.378 e. The normalized spacial score (nSPS) is 16.4. The van der Waals surface area contributed by atoms with Crippen LogP contribution in [0, 0.1) is 0 Å². The fourth-order valence-corrected chi connectivity index (χ4v) is 3.56. The molecule has 1 N–H and O–H groups in total. The van der Waals surface area contributed by atoms with Crippen LogP contribution in [-0.2, 0) is 0 Å². The van der Waals surface area contributed by atoms with Gasteiger partial charge in [-0.3, -0.25) is 4.90 Å². The molecule has 0 fully saturated rings. The SMILES string of the molecule is CCCCCSc1nsnc1C1=CNCN(C)C1. The van der Waals surface area contributed by atoms with Crippen LogP contribution in [0.4, 0.5) is 0 Å². The highest BCUT2D eigenvalue weighted by Gasteiger charge is 2.17. The van der Waals surface area contributed by atoms with Gasteiger partial charge in [-0.1, -0.05) is 19.8 Å². The van der Waals surface area contributed by atoms with Crippen molar-refractivity contribution < 1.29 is 0 Å². The summed E-state index contributed by atoms with van der Waals surface area (Å²) in [6.07, 6.45) is 5.90. The smallest absolute Gasteiger partial charge is 0.138 e. The number of likely N-dealkylation sites (N-methyl/N-ethyl adjacent to an activating group) is 1. The summed E-state index contributed by atoms with van der Waals surface area (Å²) in [5, 5.41) is 4.36. The van der Waals surface area contributed by atoms with Crippen LogP contribution in [0.3, 0.4) is 0 Å². The van der Waals surface area contributed by atoms with Gasteiger partial charge in [0.05, 0.1) is 18.4 Å². The van der Waals surface area contributed by atoms with Gasteiger partial charge in [0.15, 0.2) is 0 Å². The van der Waals surface area contributed by atoms with Crippen molar-refractivity contribution in [2.45, 2.75) is 31.2 Å². The molecule has 0 saturated heterocycles. The monoisotopic (exact) mass is 284 g/mol. The van der Waals surface area contributed by atoms with Crippen LogP contribution in [0.5, 0.6) is 0 Å². The summed E-state index contributed by atoms with van der Waals surface area (Å²) in [5.41, 5.74) is 2.32. The van der Waals surface area contributed by atoms with Crippen molar-refractivity contribution in [2.75, 3.05) is 26.0 Å². The molecule has 0 aromatic carbocycles. The van der Waals surface area contributed by atoms with Crippen molar-refractivity contribution in [1.82, 2.24) is 19.0 Å². The maximum absolute atomic E-state index is 4.45. The maximum atomic E-state index is 4.45. The van der Waals surface area contributed by atoms with Gasteiger partial charge < -0.3 is 5.32 Å². The Balaban J connectivity index is 1.96. The van der Waals surface area contributed by atoms with Gasteiger partial charge in [0.2, 0.25) is 0 Å². The molecule has 0 radical (unpaired) electrons. The number of thioether (sulfide) groups is 1. The van der Waals surface area contributed by atoms with E-state index < -0.39 is 0 Å².